The molecule has 8 aromatic carbocycles. The molecule has 0 unspecified atom stereocenters. The predicted octanol–water partition coefficient (Wildman–Crippen LogP) is 16.2. The Morgan fingerprint density at radius 3 is 1.68 bits per heavy atom. The molecule has 5 nitrogen and oxygen atoms in total. The molecule has 68 heavy (non-hydrogen) atoms. The lowest BCUT2D eigenvalue weighted by molar-refractivity contribution is 0.595. The average Bonchev–Trinajstić information content (AvgIpc) is 3.40. The van der Waals surface area contributed by atoms with E-state index >= 15 is 0 Å². The van der Waals surface area contributed by atoms with Crippen LogP contribution in [0.25, 0.3) is 122 Å². The van der Waals surface area contributed by atoms with Gasteiger partial charge < -0.3 is 0 Å². The molecule has 0 aliphatic rings. The summed E-state index contributed by atoms with van der Waals surface area (Å²) in [5.74, 6) is 0.665. The summed E-state index contributed by atoms with van der Waals surface area (Å²) < 4.78 is 0. The van der Waals surface area contributed by atoms with E-state index in [1.165, 1.54) is 21.7 Å². The van der Waals surface area contributed by atoms with Crippen LogP contribution in [0, 0.1) is 0 Å². The molecule has 12 rings (SSSR count). The quantitative estimate of drug-likeness (QED) is 0.149. The third kappa shape index (κ3) is 7.64. The van der Waals surface area contributed by atoms with Crippen molar-refractivity contribution in [1.82, 2.24) is 24.9 Å². The van der Waals surface area contributed by atoms with Crippen molar-refractivity contribution in [1.29, 1.82) is 0 Å². The van der Waals surface area contributed by atoms with E-state index in [0.29, 0.717) is 5.82 Å². The van der Waals surface area contributed by atoms with Gasteiger partial charge in [0, 0.05) is 61.9 Å². The van der Waals surface area contributed by atoms with Crippen molar-refractivity contribution in [3.8, 4) is 78.7 Å². The normalized spacial score (nSPS) is 11.8. The fourth-order valence-electron chi connectivity index (χ4n) is 9.49. The highest BCUT2D eigenvalue weighted by Gasteiger charge is 2.22. The second-order valence-electron chi connectivity index (χ2n) is 18.6. The molecule has 0 saturated carbocycles. The first-order valence-electron chi connectivity index (χ1n) is 23.1. The van der Waals surface area contributed by atoms with Crippen molar-refractivity contribution in [2.24, 2.45) is 0 Å². The standard InChI is InChI=1S/C63H45N5/c1-63(2,3)55-36-57(66-61-53(55)31-29-43-30-32-56(65-60(43)61)50-28-25-40-13-7-8-16-45(40)34-50)48-20-11-18-46(33-48)41-23-26-44(27-24-41)62-67-58(42-14-5-4-6-15-42)37-59(68-62)49-21-12-19-47(35-49)54-39-64-38-51-17-9-10-22-52(51)54/h4-39H,1-3H3. The van der Waals surface area contributed by atoms with E-state index in [0.717, 1.165) is 100 Å². The third-order valence-corrected chi connectivity index (χ3v) is 13.1. The lowest BCUT2D eigenvalue weighted by Crippen LogP contribution is -2.12. The summed E-state index contributed by atoms with van der Waals surface area (Å²) in [6, 6.07) is 72.7. The molecule has 12 aromatic rings. The van der Waals surface area contributed by atoms with Crippen molar-refractivity contribution >= 4 is 43.4 Å². The van der Waals surface area contributed by atoms with E-state index in [-0.39, 0.29) is 5.41 Å². The fourth-order valence-corrected chi connectivity index (χ4v) is 9.49. The Labute approximate surface area is 395 Å². The Kier molecular flexibility index (Phi) is 9.99. The molecular weight excluding hydrogens is 827 g/mol. The van der Waals surface area contributed by atoms with E-state index < -0.39 is 0 Å². The van der Waals surface area contributed by atoms with E-state index in [4.69, 9.17) is 19.9 Å². The molecule has 0 saturated heterocycles. The molecule has 0 atom stereocenters. The van der Waals surface area contributed by atoms with Gasteiger partial charge in [-0.15, -0.1) is 0 Å². The number of nitrogens with zero attached hydrogens (tertiary/aromatic N) is 5. The Hall–Kier alpha value is -8.67. The first-order chi connectivity index (χ1) is 33.3. The maximum atomic E-state index is 5.44. The number of benzene rings is 8. The third-order valence-electron chi connectivity index (χ3n) is 13.1. The van der Waals surface area contributed by atoms with Crippen molar-refractivity contribution in [3.63, 3.8) is 0 Å². The molecule has 0 aliphatic carbocycles. The summed E-state index contributed by atoms with van der Waals surface area (Å²) in [4.78, 5) is 25.7. The lowest BCUT2D eigenvalue weighted by atomic mass is 9.83. The van der Waals surface area contributed by atoms with Gasteiger partial charge >= 0.3 is 0 Å². The molecule has 322 valence electrons. The second kappa shape index (κ2) is 16.6. The molecule has 0 aliphatic heterocycles. The van der Waals surface area contributed by atoms with Gasteiger partial charge in [-0.3, -0.25) is 4.98 Å². The molecule has 5 heteroatoms. The maximum Gasteiger partial charge on any atom is 0.160 e. The second-order valence-corrected chi connectivity index (χ2v) is 18.6. The van der Waals surface area contributed by atoms with Crippen LogP contribution in [0.2, 0.25) is 0 Å². The highest BCUT2D eigenvalue weighted by molar-refractivity contribution is 6.06. The highest BCUT2D eigenvalue weighted by atomic mass is 14.9. The summed E-state index contributed by atoms with van der Waals surface area (Å²) in [6.07, 6.45) is 3.86. The van der Waals surface area contributed by atoms with Gasteiger partial charge in [-0.05, 0) is 80.2 Å². The Morgan fingerprint density at radius 1 is 0.309 bits per heavy atom. The van der Waals surface area contributed by atoms with Gasteiger partial charge in [0.15, 0.2) is 5.82 Å². The molecule has 4 aromatic heterocycles. The Balaban J connectivity index is 0.913. The highest BCUT2D eigenvalue weighted by Crippen LogP contribution is 2.38. The van der Waals surface area contributed by atoms with Crippen LogP contribution in [0.5, 0.6) is 0 Å². The minimum Gasteiger partial charge on any atom is -0.263 e. The van der Waals surface area contributed by atoms with Gasteiger partial charge in [0.25, 0.3) is 0 Å². The number of pyridine rings is 3. The predicted molar refractivity (Wildman–Crippen MR) is 282 cm³/mol. The Bertz CT molecular complexity index is 3880. The van der Waals surface area contributed by atoms with Crippen LogP contribution in [0.1, 0.15) is 26.3 Å². The van der Waals surface area contributed by atoms with Crippen LogP contribution in [-0.2, 0) is 5.41 Å². The van der Waals surface area contributed by atoms with Gasteiger partial charge in [0.2, 0.25) is 0 Å². The average molecular weight is 872 g/mol. The van der Waals surface area contributed by atoms with E-state index in [2.05, 4.69) is 214 Å². The molecule has 0 spiro atoms. The van der Waals surface area contributed by atoms with Gasteiger partial charge in [-0.2, -0.15) is 0 Å². The molecular formula is C63H45N5. The smallest absolute Gasteiger partial charge is 0.160 e. The van der Waals surface area contributed by atoms with Gasteiger partial charge in [-0.1, -0.05) is 191 Å². The molecule has 0 bridgehead atoms. The van der Waals surface area contributed by atoms with Gasteiger partial charge in [0.05, 0.1) is 33.8 Å². The van der Waals surface area contributed by atoms with Crippen LogP contribution in [-0.4, -0.2) is 24.9 Å². The van der Waals surface area contributed by atoms with Gasteiger partial charge in [-0.25, -0.2) is 19.9 Å². The number of aromatic nitrogens is 5. The van der Waals surface area contributed by atoms with Crippen LogP contribution >= 0.6 is 0 Å². The van der Waals surface area contributed by atoms with Crippen LogP contribution in [0.3, 0.4) is 0 Å². The summed E-state index contributed by atoms with van der Waals surface area (Å²) in [5.41, 5.74) is 16.0. The number of fused-ring (bicyclic) bond motifs is 5. The number of hydrogen-bond acceptors (Lipinski definition) is 5. The lowest BCUT2D eigenvalue weighted by Gasteiger charge is -2.23. The molecule has 0 fully saturated rings. The molecule has 0 radical (unpaired) electrons. The van der Waals surface area contributed by atoms with Crippen LogP contribution < -0.4 is 0 Å². The Morgan fingerprint density at radius 2 is 0.882 bits per heavy atom. The van der Waals surface area contributed by atoms with Crippen molar-refractivity contribution in [3.05, 3.63) is 224 Å². The first kappa shape index (κ1) is 40.8. The number of rotatable bonds is 7. The monoisotopic (exact) mass is 871 g/mol. The van der Waals surface area contributed by atoms with Gasteiger partial charge in [0.1, 0.15) is 0 Å². The molecule has 0 amide bonds. The summed E-state index contributed by atoms with van der Waals surface area (Å²) in [5, 5.41) is 6.88. The van der Waals surface area contributed by atoms with E-state index in [9.17, 15) is 0 Å². The molecule has 4 heterocycles. The zero-order valence-electron chi connectivity index (χ0n) is 38.0. The summed E-state index contributed by atoms with van der Waals surface area (Å²) >= 11 is 0. The first-order valence-corrected chi connectivity index (χ1v) is 23.1. The molecule has 0 N–H and O–H groups in total. The van der Waals surface area contributed by atoms with Crippen LogP contribution in [0.15, 0.2) is 219 Å². The van der Waals surface area contributed by atoms with Crippen LogP contribution in [0.4, 0.5) is 0 Å². The fraction of sp³-hybridized carbons (Fsp3) is 0.0635. The zero-order chi connectivity index (χ0) is 45.8. The van der Waals surface area contributed by atoms with Crippen molar-refractivity contribution in [2.45, 2.75) is 26.2 Å². The largest absolute Gasteiger partial charge is 0.263 e. The van der Waals surface area contributed by atoms with E-state index in [1.807, 2.05) is 30.6 Å². The topological polar surface area (TPSA) is 64.5 Å². The number of hydrogen-bond donors (Lipinski definition) is 0. The summed E-state index contributed by atoms with van der Waals surface area (Å²) in [7, 11) is 0. The van der Waals surface area contributed by atoms with Crippen molar-refractivity contribution < 1.29 is 0 Å². The maximum absolute atomic E-state index is 5.44. The van der Waals surface area contributed by atoms with Crippen molar-refractivity contribution in [2.75, 3.05) is 0 Å². The minimum absolute atomic E-state index is 0.135. The summed E-state index contributed by atoms with van der Waals surface area (Å²) in [6.45, 7) is 6.82. The SMILES string of the molecule is CC(C)(C)c1cc(-c2cccc(-c3ccc(-c4nc(-c5ccccc5)cc(-c5cccc(-c6cncc7ccccc67)c5)n4)cc3)c2)nc2c1ccc1ccc(-c3ccc4ccccc4c3)nc12. The zero-order valence-corrected chi connectivity index (χ0v) is 38.0. The minimum atomic E-state index is -0.135. The van der Waals surface area contributed by atoms with E-state index in [1.54, 1.807) is 0 Å².